The zero-order valence-corrected chi connectivity index (χ0v) is 37.3. The molecule has 0 aliphatic carbocycles. The summed E-state index contributed by atoms with van der Waals surface area (Å²) in [6.45, 7) is 6.24. The highest BCUT2D eigenvalue weighted by molar-refractivity contribution is 5.72. The SMILES string of the molecule is CC/C=C\C/C=C\C/C=C\C/C=C\CCCCCC(=O)OCC(COC(=O)C/C=C\C/C=C\C/C=C\CC)OC(=O)CCCCCCCCC/C=C\CCCCCC. The first kappa shape index (κ1) is 54.3. The Morgan fingerprint density at radius 1 is 0.379 bits per heavy atom. The molecule has 58 heavy (non-hydrogen) atoms. The van der Waals surface area contributed by atoms with E-state index in [1.54, 1.807) is 6.08 Å². The van der Waals surface area contributed by atoms with Gasteiger partial charge in [-0.25, -0.2) is 0 Å². The Hall–Kier alpha value is -3.67. The number of rotatable bonds is 40. The van der Waals surface area contributed by atoms with Gasteiger partial charge in [0, 0.05) is 12.8 Å². The van der Waals surface area contributed by atoms with E-state index >= 15 is 0 Å². The van der Waals surface area contributed by atoms with E-state index in [0.29, 0.717) is 12.8 Å². The number of allylic oxidation sites excluding steroid dienone is 15. The van der Waals surface area contributed by atoms with Gasteiger partial charge in [-0.2, -0.15) is 0 Å². The van der Waals surface area contributed by atoms with Gasteiger partial charge in [0.05, 0.1) is 6.42 Å². The summed E-state index contributed by atoms with van der Waals surface area (Å²) in [7, 11) is 0. The van der Waals surface area contributed by atoms with E-state index in [1.165, 1.54) is 64.2 Å². The van der Waals surface area contributed by atoms with E-state index in [2.05, 4.69) is 106 Å². The lowest BCUT2D eigenvalue weighted by molar-refractivity contribution is -0.166. The molecule has 0 saturated carbocycles. The number of unbranched alkanes of at least 4 members (excludes halogenated alkanes) is 14. The zero-order chi connectivity index (χ0) is 42.3. The first-order chi connectivity index (χ1) is 28.5. The Bertz CT molecular complexity index is 1200. The van der Waals surface area contributed by atoms with Crippen molar-refractivity contribution in [2.75, 3.05) is 13.2 Å². The fourth-order valence-corrected chi connectivity index (χ4v) is 5.90. The van der Waals surface area contributed by atoms with E-state index in [-0.39, 0.29) is 31.6 Å². The summed E-state index contributed by atoms with van der Waals surface area (Å²) in [4.78, 5) is 37.7. The van der Waals surface area contributed by atoms with Gasteiger partial charge in [0.25, 0.3) is 0 Å². The maximum Gasteiger partial charge on any atom is 0.309 e. The number of hydrogen-bond donors (Lipinski definition) is 0. The molecule has 0 aromatic heterocycles. The van der Waals surface area contributed by atoms with Gasteiger partial charge in [0.15, 0.2) is 6.10 Å². The average molecular weight is 805 g/mol. The van der Waals surface area contributed by atoms with Gasteiger partial charge in [-0.15, -0.1) is 0 Å². The lowest BCUT2D eigenvalue weighted by Crippen LogP contribution is -2.30. The normalized spacial score (nSPS) is 12.9. The van der Waals surface area contributed by atoms with Crippen LogP contribution in [0.4, 0.5) is 0 Å². The Morgan fingerprint density at radius 2 is 0.741 bits per heavy atom. The third kappa shape index (κ3) is 43.5. The second-order valence-corrected chi connectivity index (χ2v) is 14.9. The van der Waals surface area contributed by atoms with Crippen LogP contribution in [0, 0.1) is 0 Å². The van der Waals surface area contributed by atoms with Gasteiger partial charge >= 0.3 is 17.9 Å². The lowest BCUT2D eigenvalue weighted by atomic mass is 10.1. The van der Waals surface area contributed by atoms with Crippen molar-refractivity contribution in [2.24, 2.45) is 0 Å². The molecule has 0 fully saturated rings. The molecule has 0 N–H and O–H groups in total. The van der Waals surface area contributed by atoms with Crippen molar-refractivity contribution in [1.29, 1.82) is 0 Å². The Balaban J connectivity index is 4.49. The molecule has 0 aliphatic heterocycles. The van der Waals surface area contributed by atoms with Crippen molar-refractivity contribution in [3.05, 3.63) is 97.2 Å². The Morgan fingerprint density at radius 3 is 1.24 bits per heavy atom. The molecule has 1 atom stereocenters. The van der Waals surface area contributed by atoms with E-state index < -0.39 is 12.1 Å². The number of esters is 3. The maximum atomic E-state index is 12.7. The van der Waals surface area contributed by atoms with Crippen LogP contribution in [0.2, 0.25) is 0 Å². The van der Waals surface area contributed by atoms with Crippen LogP contribution in [-0.2, 0) is 28.6 Å². The first-order valence-electron chi connectivity index (χ1n) is 23.2. The minimum atomic E-state index is -0.827. The smallest absolute Gasteiger partial charge is 0.309 e. The van der Waals surface area contributed by atoms with Crippen LogP contribution in [0.1, 0.15) is 194 Å². The van der Waals surface area contributed by atoms with Gasteiger partial charge in [0.2, 0.25) is 0 Å². The molecule has 0 aromatic rings. The molecule has 0 spiro atoms. The molecule has 0 rings (SSSR count). The molecule has 0 saturated heterocycles. The van der Waals surface area contributed by atoms with Gasteiger partial charge < -0.3 is 14.2 Å². The summed E-state index contributed by atoms with van der Waals surface area (Å²) < 4.78 is 16.6. The number of carbonyl (C=O) groups excluding carboxylic acids is 3. The minimum Gasteiger partial charge on any atom is -0.462 e. The summed E-state index contributed by atoms with van der Waals surface area (Å²) in [6, 6.07) is 0. The van der Waals surface area contributed by atoms with E-state index in [0.717, 1.165) is 89.9 Å². The molecule has 328 valence electrons. The van der Waals surface area contributed by atoms with Gasteiger partial charge in [-0.05, 0) is 96.3 Å². The number of ether oxygens (including phenoxy) is 3. The van der Waals surface area contributed by atoms with E-state index in [1.807, 2.05) is 6.08 Å². The fraction of sp³-hybridized carbons (Fsp3) is 0.635. The first-order valence-corrected chi connectivity index (χ1v) is 23.2. The van der Waals surface area contributed by atoms with E-state index in [4.69, 9.17) is 14.2 Å². The molecule has 0 radical (unpaired) electrons. The van der Waals surface area contributed by atoms with Gasteiger partial charge in [-0.1, -0.05) is 176 Å². The summed E-state index contributed by atoms with van der Waals surface area (Å²) in [5.74, 6) is -1.09. The van der Waals surface area contributed by atoms with Crippen LogP contribution in [0.5, 0.6) is 0 Å². The second-order valence-electron chi connectivity index (χ2n) is 14.9. The monoisotopic (exact) mass is 805 g/mol. The molecule has 0 aliphatic rings. The highest BCUT2D eigenvalue weighted by atomic mass is 16.6. The third-order valence-electron chi connectivity index (χ3n) is 9.34. The van der Waals surface area contributed by atoms with Crippen molar-refractivity contribution in [2.45, 2.75) is 200 Å². The predicted octanol–water partition coefficient (Wildman–Crippen LogP) is 15.0. The highest BCUT2D eigenvalue weighted by Crippen LogP contribution is 2.13. The maximum absolute atomic E-state index is 12.7. The van der Waals surface area contributed by atoms with Crippen molar-refractivity contribution in [3.8, 4) is 0 Å². The van der Waals surface area contributed by atoms with E-state index in [9.17, 15) is 14.4 Å². The predicted molar refractivity (Wildman–Crippen MR) is 247 cm³/mol. The lowest BCUT2D eigenvalue weighted by Gasteiger charge is -2.18. The van der Waals surface area contributed by atoms with Crippen LogP contribution in [0.25, 0.3) is 0 Å². The van der Waals surface area contributed by atoms with Crippen molar-refractivity contribution < 1.29 is 28.6 Å². The summed E-state index contributed by atoms with van der Waals surface area (Å²) >= 11 is 0. The molecule has 1 unspecified atom stereocenters. The standard InChI is InChI=1S/C52H84O6/c1-4-7-10-13-16-19-21-23-25-27-28-30-33-36-39-42-45-51(54)57-48-49(47-56-50(53)44-41-38-35-32-18-15-12-9-6-3)58-52(55)46-43-40-37-34-31-29-26-24-22-20-17-14-11-8-5-2/h7,9-10,12,16,18-20,22-23,25,28,30,32,38,41,49H,4-6,8,11,13-15,17,21,24,26-27,29,31,33-37,39-40,42-48H2,1-3H3/b10-7-,12-9-,19-16-,22-20-,25-23-,30-28-,32-18-,41-38-. The van der Waals surface area contributed by atoms with Gasteiger partial charge in [0.1, 0.15) is 13.2 Å². The molecule has 0 aromatic carbocycles. The number of carbonyl (C=O) groups is 3. The van der Waals surface area contributed by atoms with Crippen molar-refractivity contribution in [3.63, 3.8) is 0 Å². The summed E-state index contributed by atoms with van der Waals surface area (Å²) in [6.07, 6.45) is 60.0. The van der Waals surface area contributed by atoms with Crippen LogP contribution < -0.4 is 0 Å². The molecule has 0 heterocycles. The van der Waals surface area contributed by atoms with Crippen LogP contribution in [0.3, 0.4) is 0 Å². The third-order valence-corrected chi connectivity index (χ3v) is 9.34. The second kappa shape index (κ2) is 46.0. The summed E-state index contributed by atoms with van der Waals surface area (Å²) in [5, 5.41) is 0. The zero-order valence-electron chi connectivity index (χ0n) is 37.3. The van der Waals surface area contributed by atoms with Gasteiger partial charge in [-0.3, -0.25) is 14.4 Å². The molecular formula is C52H84O6. The molecular weight excluding hydrogens is 721 g/mol. The molecule has 0 amide bonds. The number of hydrogen-bond acceptors (Lipinski definition) is 6. The summed E-state index contributed by atoms with van der Waals surface area (Å²) in [5.41, 5.74) is 0. The molecule has 6 heteroatoms. The van der Waals surface area contributed by atoms with Crippen molar-refractivity contribution in [1.82, 2.24) is 0 Å². The molecule has 0 bridgehead atoms. The average Bonchev–Trinajstić information content (AvgIpc) is 3.22. The van der Waals surface area contributed by atoms with Crippen molar-refractivity contribution >= 4 is 17.9 Å². The molecule has 6 nitrogen and oxygen atoms in total. The van der Waals surface area contributed by atoms with Crippen LogP contribution >= 0.6 is 0 Å². The largest absolute Gasteiger partial charge is 0.462 e. The highest BCUT2D eigenvalue weighted by Gasteiger charge is 2.19. The Labute approximate surface area is 356 Å². The quantitative estimate of drug-likeness (QED) is 0.0266. The van der Waals surface area contributed by atoms with Crippen LogP contribution in [0.15, 0.2) is 97.2 Å². The fourth-order valence-electron chi connectivity index (χ4n) is 5.90. The Kier molecular flexibility index (Phi) is 43.1. The minimum absolute atomic E-state index is 0.124. The topological polar surface area (TPSA) is 78.9 Å². The van der Waals surface area contributed by atoms with Crippen LogP contribution in [-0.4, -0.2) is 37.2 Å².